The van der Waals surface area contributed by atoms with Gasteiger partial charge in [-0.3, -0.25) is 4.79 Å². The van der Waals surface area contributed by atoms with Crippen LogP contribution >= 0.6 is 0 Å². The van der Waals surface area contributed by atoms with Gasteiger partial charge in [0.15, 0.2) is 0 Å². The summed E-state index contributed by atoms with van der Waals surface area (Å²) < 4.78 is 12.4. The molecule has 290 valence electrons. The van der Waals surface area contributed by atoms with Crippen molar-refractivity contribution in [2.45, 2.75) is 103 Å². The zero-order valence-corrected chi connectivity index (χ0v) is 34.6. The topological polar surface area (TPSA) is 55.8 Å². The summed E-state index contributed by atoms with van der Waals surface area (Å²) in [7, 11) is -2.77. The Morgan fingerprint density at radius 1 is 0.800 bits per heavy atom. The number of benzene rings is 4. The van der Waals surface area contributed by atoms with E-state index < -0.39 is 14.4 Å². The fourth-order valence-corrected chi connectivity index (χ4v) is 14.4. The molecule has 0 radical (unpaired) electrons. The highest BCUT2D eigenvalue weighted by Crippen LogP contribution is 2.67. The van der Waals surface area contributed by atoms with Crippen molar-refractivity contribution in [1.29, 1.82) is 0 Å². The molecule has 0 spiro atoms. The number of aliphatic hydroxyl groups excluding tert-OH is 1. The zero-order chi connectivity index (χ0) is 38.9. The van der Waals surface area contributed by atoms with Gasteiger partial charge in [0, 0.05) is 11.8 Å². The number of esters is 1. The number of hydrogen-bond acceptors (Lipinski definition) is 4. The summed E-state index contributed by atoms with van der Waals surface area (Å²) in [5.41, 5.74) is 7.11. The van der Waals surface area contributed by atoms with Crippen molar-refractivity contribution in [3.63, 3.8) is 0 Å². The van der Waals surface area contributed by atoms with E-state index in [-0.39, 0.29) is 29.6 Å². The first-order valence-electron chi connectivity index (χ1n) is 20.7. The Balaban J connectivity index is 0.982. The zero-order valence-electron chi connectivity index (χ0n) is 33.6. The predicted octanol–water partition coefficient (Wildman–Crippen LogP) is 10.8. The molecule has 2 aliphatic rings. The third-order valence-electron chi connectivity index (χ3n) is 12.5. The highest BCUT2D eigenvalue weighted by molar-refractivity contribution is 6.99. The molecule has 4 aromatic rings. The van der Waals surface area contributed by atoms with Crippen LogP contribution in [0.15, 0.2) is 133 Å². The Bertz CT molecular complexity index is 1830. The van der Waals surface area contributed by atoms with Crippen LogP contribution in [0.5, 0.6) is 0 Å². The third kappa shape index (κ3) is 8.85. The summed E-state index contributed by atoms with van der Waals surface area (Å²) in [6.07, 6.45) is 9.35. The summed E-state index contributed by atoms with van der Waals surface area (Å²) in [6, 6.07) is 42.7. The lowest BCUT2D eigenvalue weighted by Crippen LogP contribution is -2.67. The molecule has 0 heterocycles. The van der Waals surface area contributed by atoms with Crippen molar-refractivity contribution in [1.82, 2.24) is 0 Å². The maximum Gasteiger partial charge on any atom is 0.305 e. The Kier molecular flexibility index (Phi) is 13.5. The highest BCUT2D eigenvalue weighted by atomic mass is 28.4. The molecule has 0 amide bonds. The molecule has 0 aromatic heterocycles. The minimum atomic E-state index is -2.77. The summed E-state index contributed by atoms with van der Waals surface area (Å²) in [5, 5.41) is 13.1. The van der Waals surface area contributed by atoms with Gasteiger partial charge in [0.2, 0.25) is 0 Å². The number of carbonyl (C=O) groups is 1. The van der Waals surface area contributed by atoms with E-state index >= 15 is 0 Å². The lowest BCUT2D eigenvalue weighted by molar-refractivity contribution is -0.147. The van der Waals surface area contributed by atoms with Crippen molar-refractivity contribution in [2.75, 3.05) is 13.2 Å². The van der Waals surface area contributed by atoms with Crippen molar-refractivity contribution < 1.29 is 19.1 Å². The first-order chi connectivity index (χ1) is 26.6. The van der Waals surface area contributed by atoms with E-state index in [0.717, 1.165) is 55.3 Å². The largest absolute Gasteiger partial charge is 0.463 e. The number of hydrogen-bond donors (Lipinski definition) is 1. The maximum absolute atomic E-state index is 12.7. The van der Waals surface area contributed by atoms with Crippen LogP contribution in [0.4, 0.5) is 0 Å². The first-order valence-corrected chi connectivity index (χ1v) is 22.6. The summed E-state index contributed by atoms with van der Waals surface area (Å²) >= 11 is 0. The van der Waals surface area contributed by atoms with Gasteiger partial charge < -0.3 is 14.3 Å². The Morgan fingerprint density at radius 2 is 1.35 bits per heavy atom. The van der Waals surface area contributed by atoms with E-state index in [0.29, 0.717) is 18.3 Å². The van der Waals surface area contributed by atoms with E-state index in [1.807, 2.05) is 36.4 Å². The van der Waals surface area contributed by atoms with Crippen molar-refractivity contribution >= 4 is 35.8 Å². The normalized spacial score (nSPS) is 20.3. The molecule has 0 saturated heterocycles. The Hall–Kier alpha value is -4.03. The Morgan fingerprint density at radius 3 is 1.95 bits per heavy atom. The molecule has 6 rings (SSSR count). The smallest absolute Gasteiger partial charge is 0.305 e. The average Bonchev–Trinajstić information content (AvgIpc) is 3.71. The van der Waals surface area contributed by atoms with E-state index in [1.54, 1.807) is 11.1 Å². The van der Waals surface area contributed by atoms with Gasteiger partial charge in [-0.2, -0.15) is 0 Å². The fraction of sp³-hybridized carbons (Fsp3) is 0.420. The van der Waals surface area contributed by atoms with Crippen LogP contribution < -0.4 is 10.4 Å². The third-order valence-corrected chi connectivity index (χ3v) is 17.5. The van der Waals surface area contributed by atoms with E-state index in [9.17, 15) is 9.90 Å². The molecule has 2 aliphatic carbocycles. The van der Waals surface area contributed by atoms with E-state index in [4.69, 9.17) is 15.7 Å². The van der Waals surface area contributed by atoms with Gasteiger partial charge in [0.25, 0.3) is 8.32 Å². The number of carbonyl (C=O) groups excluding carboxylic acids is 1. The molecule has 0 unspecified atom stereocenters. The number of ether oxygens (including phenoxy) is 1. The highest BCUT2D eigenvalue weighted by Gasteiger charge is 2.55. The fourth-order valence-electron chi connectivity index (χ4n) is 9.84. The summed E-state index contributed by atoms with van der Waals surface area (Å²) in [5.74, 6) is 1.02. The van der Waals surface area contributed by atoms with Crippen LogP contribution in [-0.4, -0.2) is 38.7 Å². The molecule has 0 aliphatic heterocycles. The van der Waals surface area contributed by atoms with Gasteiger partial charge >= 0.3 is 5.97 Å². The molecular weight excluding hydrogens is 693 g/mol. The van der Waals surface area contributed by atoms with E-state index in [1.165, 1.54) is 29.5 Å². The first kappa shape index (κ1) is 40.6. The molecule has 0 bridgehead atoms. The molecular formula is C50H62O4Si. The van der Waals surface area contributed by atoms with Crippen molar-refractivity contribution in [2.24, 2.45) is 17.3 Å². The second-order valence-corrected chi connectivity index (χ2v) is 21.4. The standard InChI is InChI=1S/C50H62O4Si/c1-38-33-34-50(39(2)40-23-14-9-15-24-40)46(38)35-42(48(50)41-25-16-10-17-26-41)27-13-7-6-8-22-32-47(52)53-36-43(51)37-54-55(49(3,4)5,44-28-18-11-19-29-44)45-30-20-12-21-31-45/h9-12,14-21,23-26,28-31,38,43,46,51H,2,6-8,13,22,27,32-37H2,1,3-5H3/t38-,43-,46+,50+/m1/s1. The number of rotatable bonds is 18. The minimum absolute atomic E-state index is 0.00103. The molecule has 4 atom stereocenters. The van der Waals surface area contributed by atoms with Crippen LogP contribution in [0.3, 0.4) is 0 Å². The molecule has 55 heavy (non-hydrogen) atoms. The van der Waals surface area contributed by atoms with Crippen molar-refractivity contribution in [3.05, 3.63) is 145 Å². The quantitative estimate of drug-likeness (QED) is 0.0624. The average molecular weight is 755 g/mol. The molecule has 1 fully saturated rings. The second kappa shape index (κ2) is 18.3. The van der Waals surface area contributed by atoms with Gasteiger partial charge in [-0.25, -0.2) is 0 Å². The lowest BCUT2D eigenvalue weighted by Gasteiger charge is -2.43. The maximum atomic E-state index is 12.7. The molecule has 5 heteroatoms. The van der Waals surface area contributed by atoms with Gasteiger partial charge in [0.1, 0.15) is 12.7 Å². The van der Waals surface area contributed by atoms with Crippen LogP contribution in [-0.2, 0) is 14.0 Å². The lowest BCUT2D eigenvalue weighted by atomic mass is 9.66. The van der Waals surface area contributed by atoms with Gasteiger partial charge in [-0.15, -0.1) is 0 Å². The van der Waals surface area contributed by atoms with Gasteiger partial charge in [-0.05, 0) is 88.0 Å². The van der Waals surface area contributed by atoms with Crippen LogP contribution in [0.2, 0.25) is 5.04 Å². The van der Waals surface area contributed by atoms with Crippen LogP contribution in [0.1, 0.15) is 103 Å². The molecule has 4 aromatic carbocycles. The van der Waals surface area contributed by atoms with Crippen molar-refractivity contribution in [3.8, 4) is 0 Å². The van der Waals surface area contributed by atoms with Crippen LogP contribution in [0.25, 0.3) is 11.1 Å². The van der Waals surface area contributed by atoms with Gasteiger partial charge in [-0.1, -0.05) is 180 Å². The molecule has 4 nitrogen and oxygen atoms in total. The van der Waals surface area contributed by atoms with Crippen LogP contribution in [0, 0.1) is 17.3 Å². The second-order valence-electron chi connectivity index (χ2n) is 17.1. The van der Waals surface area contributed by atoms with E-state index in [2.05, 4.69) is 113 Å². The minimum Gasteiger partial charge on any atom is -0.463 e. The number of allylic oxidation sites excluding steroid dienone is 3. The number of aliphatic hydroxyl groups is 1. The molecule has 1 saturated carbocycles. The monoisotopic (exact) mass is 754 g/mol. The number of fused-ring (bicyclic) bond motifs is 1. The SMILES string of the molecule is C=C(c1ccccc1)[C@@]12CC[C@@H](C)[C@@H]1CC(CCCCCCCC(=O)OC[C@@H](O)CO[Si](c1ccccc1)(c1ccccc1)C(C)(C)C)=C2c1ccccc1. The molecule has 1 N–H and O–H groups in total. The summed E-state index contributed by atoms with van der Waals surface area (Å²) in [4.78, 5) is 12.7. The van der Waals surface area contributed by atoms with Gasteiger partial charge in [0.05, 0.1) is 6.61 Å². The number of unbranched alkanes of at least 4 members (excludes halogenated alkanes) is 4. The Labute approximate surface area is 331 Å². The summed E-state index contributed by atoms with van der Waals surface area (Å²) in [6.45, 7) is 13.9. The predicted molar refractivity (Wildman–Crippen MR) is 231 cm³/mol.